The fourth-order valence-corrected chi connectivity index (χ4v) is 3.26. The monoisotopic (exact) mass is 315 g/mol. The molecule has 2 aliphatic heterocycles. The Morgan fingerprint density at radius 2 is 2.00 bits per heavy atom. The molecule has 5 nitrogen and oxygen atoms in total. The smallest absolute Gasteiger partial charge is 0.266 e. The Hall–Kier alpha value is -1.88. The first kappa shape index (κ1) is 16.0. The van der Waals surface area contributed by atoms with Crippen LogP contribution >= 0.6 is 0 Å². The van der Waals surface area contributed by atoms with Gasteiger partial charge in [-0.3, -0.25) is 9.69 Å². The minimum atomic E-state index is -0.453. The van der Waals surface area contributed by atoms with Gasteiger partial charge >= 0.3 is 0 Å². The van der Waals surface area contributed by atoms with E-state index in [1.54, 1.807) is 4.90 Å². The van der Waals surface area contributed by atoms with Crippen molar-refractivity contribution in [2.24, 2.45) is 5.16 Å². The Labute approximate surface area is 137 Å². The van der Waals surface area contributed by atoms with E-state index in [1.165, 1.54) is 37.1 Å². The number of hydrogen-bond acceptors (Lipinski definition) is 4. The van der Waals surface area contributed by atoms with Crippen molar-refractivity contribution >= 4 is 11.6 Å². The zero-order valence-electron chi connectivity index (χ0n) is 14.0. The van der Waals surface area contributed by atoms with Crippen molar-refractivity contribution in [1.29, 1.82) is 0 Å². The SMILES string of the molecule is CC1=NOC(C(=O)N(C)Cc2ccccc2CN2CCCC2)C1. The predicted octanol–water partition coefficient (Wildman–Crippen LogP) is 2.41. The number of likely N-dealkylation sites (N-methyl/N-ethyl adjacent to an activating group) is 1. The molecular weight excluding hydrogens is 290 g/mol. The van der Waals surface area contributed by atoms with E-state index in [0.717, 1.165) is 12.3 Å². The fraction of sp³-hybridized carbons (Fsp3) is 0.556. The number of likely N-dealkylation sites (tertiary alicyclic amines) is 1. The maximum atomic E-state index is 12.5. The number of rotatable bonds is 5. The first-order chi connectivity index (χ1) is 11.1. The van der Waals surface area contributed by atoms with Crippen molar-refractivity contribution in [3.05, 3.63) is 35.4 Å². The molecule has 0 aliphatic carbocycles. The van der Waals surface area contributed by atoms with Crippen LogP contribution in [0.2, 0.25) is 0 Å². The van der Waals surface area contributed by atoms with Gasteiger partial charge in [0.05, 0.1) is 5.71 Å². The molecule has 0 saturated carbocycles. The van der Waals surface area contributed by atoms with Gasteiger partial charge in [0.25, 0.3) is 5.91 Å². The number of hydrogen-bond donors (Lipinski definition) is 0. The second kappa shape index (κ2) is 7.13. The van der Waals surface area contributed by atoms with Crippen molar-refractivity contribution in [3.8, 4) is 0 Å². The molecule has 2 heterocycles. The first-order valence-corrected chi connectivity index (χ1v) is 8.37. The van der Waals surface area contributed by atoms with Crippen LogP contribution in [0.1, 0.15) is 37.3 Å². The summed E-state index contributed by atoms with van der Waals surface area (Å²) in [5, 5.41) is 3.88. The zero-order chi connectivity index (χ0) is 16.2. The van der Waals surface area contributed by atoms with Crippen LogP contribution in [-0.2, 0) is 22.7 Å². The van der Waals surface area contributed by atoms with E-state index in [2.05, 4.69) is 28.3 Å². The molecule has 0 spiro atoms. The molecule has 2 aliphatic rings. The predicted molar refractivity (Wildman–Crippen MR) is 90.0 cm³/mol. The van der Waals surface area contributed by atoms with E-state index < -0.39 is 6.10 Å². The third kappa shape index (κ3) is 3.91. The molecule has 1 atom stereocenters. The summed E-state index contributed by atoms with van der Waals surface area (Å²) >= 11 is 0. The van der Waals surface area contributed by atoms with Crippen molar-refractivity contribution < 1.29 is 9.63 Å². The molecular formula is C18H25N3O2. The third-order valence-electron chi connectivity index (χ3n) is 4.59. The number of amides is 1. The summed E-state index contributed by atoms with van der Waals surface area (Å²) in [7, 11) is 1.84. The normalized spacial score (nSPS) is 21.1. The Kier molecular flexibility index (Phi) is 4.96. The van der Waals surface area contributed by atoms with Gasteiger partial charge in [0, 0.05) is 26.6 Å². The molecule has 5 heteroatoms. The zero-order valence-corrected chi connectivity index (χ0v) is 14.0. The molecule has 1 saturated heterocycles. The number of oxime groups is 1. The highest BCUT2D eigenvalue weighted by Crippen LogP contribution is 2.19. The summed E-state index contributed by atoms with van der Waals surface area (Å²) in [6.07, 6.45) is 2.72. The lowest BCUT2D eigenvalue weighted by Gasteiger charge is -2.23. The minimum Gasteiger partial charge on any atom is -0.382 e. The maximum Gasteiger partial charge on any atom is 0.266 e. The lowest BCUT2D eigenvalue weighted by Crippen LogP contribution is -2.36. The van der Waals surface area contributed by atoms with Gasteiger partial charge in [0.2, 0.25) is 6.10 Å². The van der Waals surface area contributed by atoms with Gasteiger partial charge in [-0.15, -0.1) is 0 Å². The van der Waals surface area contributed by atoms with Crippen LogP contribution in [0.25, 0.3) is 0 Å². The Bertz CT molecular complexity index is 594. The van der Waals surface area contributed by atoms with Crippen LogP contribution in [0.4, 0.5) is 0 Å². The van der Waals surface area contributed by atoms with Gasteiger partial charge in [-0.05, 0) is 44.0 Å². The molecule has 0 aromatic heterocycles. The summed E-state index contributed by atoms with van der Waals surface area (Å²) in [4.78, 5) is 21.9. The van der Waals surface area contributed by atoms with E-state index >= 15 is 0 Å². The Morgan fingerprint density at radius 1 is 1.30 bits per heavy atom. The summed E-state index contributed by atoms with van der Waals surface area (Å²) in [5.74, 6) is 0.00146. The van der Waals surface area contributed by atoms with Crippen LogP contribution in [0.5, 0.6) is 0 Å². The number of nitrogens with zero attached hydrogens (tertiary/aromatic N) is 3. The maximum absolute atomic E-state index is 12.5. The van der Waals surface area contributed by atoms with Crippen LogP contribution in [-0.4, -0.2) is 47.7 Å². The highest BCUT2D eigenvalue weighted by molar-refractivity contribution is 5.91. The van der Waals surface area contributed by atoms with Crippen molar-refractivity contribution in [1.82, 2.24) is 9.80 Å². The standard InChI is InChI=1S/C18H25N3O2/c1-14-11-17(23-19-14)18(22)20(2)12-15-7-3-4-8-16(15)13-21-9-5-6-10-21/h3-4,7-8,17H,5-6,9-13H2,1-2H3. The average Bonchev–Trinajstić information content (AvgIpc) is 3.20. The van der Waals surface area contributed by atoms with Crippen LogP contribution in [0.3, 0.4) is 0 Å². The van der Waals surface area contributed by atoms with Gasteiger partial charge < -0.3 is 9.74 Å². The molecule has 1 amide bonds. The van der Waals surface area contributed by atoms with Crippen LogP contribution in [0, 0.1) is 0 Å². The van der Waals surface area contributed by atoms with E-state index in [0.29, 0.717) is 13.0 Å². The Morgan fingerprint density at radius 3 is 2.65 bits per heavy atom. The molecule has 1 unspecified atom stereocenters. The van der Waals surface area contributed by atoms with Crippen LogP contribution < -0.4 is 0 Å². The van der Waals surface area contributed by atoms with Crippen molar-refractivity contribution in [3.63, 3.8) is 0 Å². The summed E-state index contributed by atoms with van der Waals surface area (Å²) in [5.41, 5.74) is 3.41. The minimum absolute atomic E-state index is 0.00146. The van der Waals surface area contributed by atoms with Crippen molar-refractivity contribution in [2.45, 2.75) is 45.4 Å². The van der Waals surface area contributed by atoms with Gasteiger partial charge in [0.15, 0.2) is 0 Å². The van der Waals surface area contributed by atoms with Gasteiger partial charge in [-0.2, -0.15) is 0 Å². The molecule has 1 aromatic rings. The second-order valence-electron chi connectivity index (χ2n) is 6.57. The molecule has 1 fully saturated rings. The Balaban J connectivity index is 1.63. The molecule has 23 heavy (non-hydrogen) atoms. The van der Waals surface area contributed by atoms with E-state index in [-0.39, 0.29) is 5.91 Å². The lowest BCUT2D eigenvalue weighted by atomic mass is 10.1. The quantitative estimate of drug-likeness (QED) is 0.838. The number of benzene rings is 1. The largest absolute Gasteiger partial charge is 0.382 e. The fourth-order valence-electron chi connectivity index (χ4n) is 3.26. The van der Waals surface area contributed by atoms with Gasteiger partial charge in [-0.25, -0.2) is 0 Å². The molecule has 3 rings (SSSR count). The lowest BCUT2D eigenvalue weighted by molar-refractivity contribution is -0.141. The second-order valence-corrected chi connectivity index (χ2v) is 6.57. The van der Waals surface area contributed by atoms with Crippen LogP contribution in [0.15, 0.2) is 29.4 Å². The topological polar surface area (TPSA) is 45.1 Å². The summed E-state index contributed by atoms with van der Waals surface area (Å²) in [6.45, 7) is 5.83. The van der Waals surface area contributed by atoms with E-state index in [9.17, 15) is 4.79 Å². The van der Waals surface area contributed by atoms with Gasteiger partial charge in [-0.1, -0.05) is 29.4 Å². The summed E-state index contributed by atoms with van der Waals surface area (Å²) < 4.78 is 0. The summed E-state index contributed by atoms with van der Waals surface area (Å²) in [6, 6.07) is 8.41. The first-order valence-electron chi connectivity index (χ1n) is 8.37. The highest BCUT2D eigenvalue weighted by atomic mass is 16.6. The molecule has 124 valence electrons. The average molecular weight is 315 g/mol. The third-order valence-corrected chi connectivity index (χ3v) is 4.59. The molecule has 0 bridgehead atoms. The number of carbonyl (C=O) groups is 1. The molecule has 0 radical (unpaired) electrons. The highest BCUT2D eigenvalue weighted by Gasteiger charge is 2.29. The molecule has 0 N–H and O–H groups in total. The van der Waals surface area contributed by atoms with E-state index in [1.807, 2.05) is 20.0 Å². The number of carbonyl (C=O) groups excluding carboxylic acids is 1. The molecule has 1 aromatic carbocycles. The van der Waals surface area contributed by atoms with Gasteiger partial charge in [0.1, 0.15) is 0 Å². The van der Waals surface area contributed by atoms with Crippen molar-refractivity contribution in [2.75, 3.05) is 20.1 Å². The van der Waals surface area contributed by atoms with E-state index in [4.69, 9.17) is 4.84 Å².